The first-order valence-corrected chi connectivity index (χ1v) is 11.4. The lowest BCUT2D eigenvalue weighted by Crippen LogP contribution is -2.48. The van der Waals surface area contributed by atoms with Crippen molar-refractivity contribution in [2.75, 3.05) is 43.5 Å². The monoisotopic (exact) mass is 428 g/mol. The van der Waals surface area contributed by atoms with Crippen molar-refractivity contribution in [3.8, 4) is 0 Å². The maximum Gasteiger partial charge on any atom is 0.319 e. The van der Waals surface area contributed by atoms with Crippen LogP contribution in [-0.2, 0) is 4.74 Å². The topological polar surface area (TPSA) is 82.7 Å². The van der Waals surface area contributed by atoms with E-state index in [9.17, 15) is 9.59 Å². The molecule has 3 N–H and O–H groups in total. The number of carbonyl (C=O) groups is 2. The maximum atomic E-state index is 12.5. The Morgan fingerprint density at radius 2 is 1.93 bits per heavy atom. The summed E-state index contributed by atoms with van der Waals surface area (Å²) < 4.78 is 5.58. The van der Waals surface area contributed by atoms with Crippen LogP contribution in [0.3, 0.4) is 0 Å². The Hall–Kier alpha value is -2.42. The standard InChI is InChI=1S/C22H28N4O3S/c27-21(20-7-4-12-30-20)24-17-5-3-6-18(13-17)25-22(28)23-14-19(16-8-11-29-15-16)26-9-1-2-10-26/h3-7,12-13,16,19H,1-2,8-11,14-15H2,(H,24,27)(H2,23,25,28)/t16-,19+/m0/s1. The Bertz CT molecular complexity index is 830. The molecule has 160 valence electrons. The van der Waals surface area contributed by atoms with Crippen molar-refractivity contribution in [2.45, 2.75) is 25.3 Å². The molecule has 0 aliphatic carbocycles. The van der Waals surface area contributed by atoms with Gasteiger partial charge in [0, 0.05) is 36.5 Å². The lowest BCUT2D eigenvalue weighted by atomic mass is 9.97. The number of carbonyl (C=O) groups excluding carboxylic acids is 2. The lowest BCUT2D eigenvalue weighted by molar-refractivity contribution is 0.103. The van der Waals surface area contributed by atoms with E-state index in [1.807, 2.05) is 23.6 Å². The van der Waals surface area contributed by atoms with Crippen LogP contribution in [0.5, 0.6) is 0 Å². The van der Waals surface area contributed by atoms with Crippen LogP contribution in [-0.4, -0.2) is 55.7 Å². The first-order chi connectivity index (χ1) is 14.7. The summed E-state index contributed by atoms with van der Waals surface area (Å²) in [5, 5.41) is 10.6. The second kappa shape index (κ2) is 10.1. The van der Waals surface area contributed by atoms with Crippen molar-refractivity contribution in [3.05, 3.63) is 46.7 Å². The van der Waals surface area contributed by atoms with Gasteiger partial charge in [-0.05, 0) is 62.0 Å². The molecule has 8 heteroatoms. The van der Waals surface area contributed by atoms with Crippen LogP contribution in [0.1, 0.15) is 28.9 Å². The minimum atomic E-state index is -0.236. The van der Waals surface area contributed by atoms with E-state index in [4.69, 9.17) is 4.74 Å². The number of nitrogens with zero attached hydrogens (tertiary/aromatic N) is 1. The van der Waals surface area contributed by atoms with Gasteiger partial charge in [0.2, 0.25) is 0 Å². The third-order valence-electron chi connectivity index (χ3n) is 5.71. The summed E-state index contributed by atoms with van der Waals surface area (Å²) in [6, 6.07) is 10.9. The normalized spacial score (nSPS) is 20.1. The fourth-order valence-corrected chi connectivity index (χ4v) is 4.79. The van der Waals surface area contributed by atoms with Gasteiger partial charge in [-0.1, -0.05) is 12.1 Å². The summed E-state index contributed by atoms with van der Waals surface area (Å²) in [6.07, 6.45) is 3.50. The molecule has 7 nitrogen and oxygen atoms in total. The quantitative estimate of drug-likeness (QED) is 0.629. The molecular formula is C22H28N4O3S. The summed E-state index contributed by atoms with van der Waals surface area (Å²) in [4.78, 5) is 27.9. The van der Waals surface area contributed by atoms with Gasteiger partial charge >= 0.3 is 6.03 Å². The van der Waals surface area contributed by atoms with Crippen molar-refractivity contribution < 1.29 is 14.3 Å². The Morgan fingerprint density at radius 3 is 2.63 bits per heavy atom. The molecule has 3 amide bonds. The van der Waals surface area contributed by atoms with Gasteiger partial charge < -0.3 is 20.7 Å². The van der Waals surface area contributed by atoms with Crippen LogP contribution in [0.4, 0.5) is 16.2 Å². The second-order valence-corrected chi connectivity index (χ2v) is 8.73. The highest BCUT2D eigenvalue weighted by atomic mass is 32.1. The number of ether oxygens (including phenoxy) is 1. The molecule has 2 saturated heterocycles. The third-order valence-corrected chi connectivity index (χ3v) is 6.58. The Morgan fingerprint density at radius 1 is 1.13 bits per heavy atom. The molecule has 4 rings (SSSR count). The van der Waals surface area contributed by atoms with E-state index in [0.29, 0.717) is 34.8 Å². The minimum absolute atomic E-state index is 0.154. The second-order valence-electron chi connectivity index (χ2n) is 7.78. The number of urea groups is 1. The molecule has 0 radical (unpaired) electrons. The van der Waals surface area contributed by atoms with Crippen LogP contribution in [0.2, 0.25) is 0 Å². The molecule has 0 saturated carbocycles. The van der Waals surface area contributed by atoms with Crippen molar-refractivity contribution in [3.63, 3.8) is 0 Å². The van der Waals surface area contributed by atoms with Crippen LogP contribution >= 0.6 is 11.3 Å². The van der Waals surface area contributed by atoms with Crippen LogP contribution in [0, 0.1) is 5.92 Å². The largest absolute Gasteiger partial charge is 0.381 e. The van der Waals surface area contributed by atoms with E-state index < -0.39 is 0 Å². The van der Waals surface area contributed by atoms with E-state index >= 15 is 0 Å². The number of hydrogen-bond donors (Lipinski definition) is 3. The lowest BCUT2D eigenvalue weighted by Gasteiger charge is -2.31. The fraction of sp³-hybridized carbons (Fsp3) is 0.455. The molecule has 2 atom stereocenters. The van der Waals surface area contributed by atoms with Gasteiger partial charge in [0.1, 0.15) is 0 Å². The number of rotatable bonds is 7. The number of hydrogen-bond acceptors (Lipinski definition) is 5. The Balaban J connectivity index is 1.31. The molecule has 2 aromatic rings. The Labute approximate surface area is 180 Å². The third kappa shape index (κ3) is 5.38. The highest BCUT2D eigenvalue weighted by Gasteiger charge is 2.32. The predicted octanol–water partition coefficient (Wildman–Crippen LogP) is 3.62. The molecule has 3 heterocycles. The molecule has 0 bridgehead atoms. The Kier molecular flexibility index (Phi) is 6.99. The summed E-state index contributed by atoms with van der Waals surface area (Å²) in [5.74, 6) is 0.318. The van der Waals surface area contributed by atoms with E-state index in [2.05, 4.69) is 20.9 Å². The zero-order valence-corrected chi connectivity index (χ0v) is 17.7. The number of anilines is 2. The highest BCUT2D eigenvalue weighted by Crippen LogP contribution is 2.24. The van der Waals surface area contributed by atoms with Crippen LogP contribution in [0.15, 0.2) is 41.8 Å². The summed E-state index contributed by atoms with van der Waals surface area (Å²) in [6.45, 7) is 4.38. The molecule has 30 heavy (non-hydrogen) atoms. The van der Waals surface area contributed by atoms with Gasteiger partial charge in [-0.3, -0.25) is 9.69 Å². The summed E-state index contributed by atoms with van der Waals surface area (Å²) in [7, 11) is 0. The number of nitrogens with one attached hydrogen (secondary N) is 3. The SMILES string of the molecule is O=C(NC[C@H]([C@H]1CCOC1)N1CCCC1)Nc1cccc(NC(=O)c2cccs2)c1. The summed E-state index contributed by atoms with van der Waals surface area (Å²) >= 11 is 1.39. The van der Waals surface area contributed by atoms with Gasteiger partial charge in [-0.2, -0.15) is 0 Å². The first-order valence-electron chi connectivity index (χ1n) is 10.5. The number of likely N-dealkylation sites (tertiary alicyclic amines) is 1. The van der Waals surface area contributed by atoms with Crippen molar-refractivity contribution >= 4 is 34.6 Å². The van der Waals surface area contributed by atoms with Gasteiger partial charge in [0.15, 0.2) is 0 Å². The molecule has 2 aliphatic rings. The fourth-order valence-electron chi connectivity index (χ4n) is 4.17. The van der Waals surface area contributed by atoms with E-state index in [1.54, 1.807) is 18.2 Å². The number of thiophene rings is 1. The van der Waals surface area contributed by atoms with Crippen LogP contribution < -0.4 is 16.0 Å². The molecule has 2 fully saturated rings. The van der Waals surface area contributed by atoms with Gasteiger partial charge in [0.05, 0.1) is 11.5 Å². The molecule has 1 aromatic carbocycles. The molecular weight excluding hydrogens is 400 g/mol. The van der Waals surface area contributed by atoms with Gasteiger partial charge in [-0.15, -0.1) is 11.3 Å². The minimum Gasteiger partial charge on any atom is -0.381 e. The molecule has 1 aromatic heterocycles. The van der Waals surface area contributed by atoms with Crippen molar-refractivity contribution in [1.82, 2.24) is 10.2 Å². The van der Waals surface area contributed by atoms with Gasteiger partial charge in [-0.25, -0.2) is 4.79 Å². The summed E-state index contributed by atoms with van der Waals surface area (Å²) in [5.41, 5.74) is 1.28. The van der Waals surface area contributed by atoms with E-state index in [-0.39, 0.29) is 11.9 Å². The van der Waals surface area contributed by atoms with E-state index in [0.717, 1.165) is 32.7 Å². The molecule has 0 unspecified atom stereocenters. The van der Waals surface area contributed by atoms with Crippen molar-refractivity contribution in [1.29, 1.82) is 0 Å². The molecule has 0 spiro atoms. The zero-order valence-electron chi connectivity index (χ0n) is 16.9. The van der Waals surface area contributed by atoms with Gasteiger partial charge in [0.25, 0.3) is 5.91 Å². The maximum absolute atomic E-state index is 12.5. The smallest absolute Gasteiger partial charge is 0.319 e. The van der Waals surface area contributed by atoms with Crippen molar-refractivity contribution in [2.24, 2.45) is 5.92 Å². The highest BCUT2D eigenvalue weighted by molar-refractivity contribution is 7.12. The van der Waals surface area contributed by atoms with Crippen LogP contribution in [0.25, 0.3) is 0 Å². The zero-order chi connectivity index (χ0) is 20.8. The average molecular weight is 429 g/mol. The predicted molar refractivity (Wildman–Crippen MR) is 119 cm³/mol. The average Bonchev–Trinajstić information content (AvgIpc) is 3.51. The number of benzene rings is 1. The number of amides is 3. The van der Waals surface area contributed by atoms with E-state index in [1.165, 1.54) is 24.2 Å². The molecule has 2 aliphatic heterocycles. The first kappa shape index (κ1) is 20.8.